The van der Waals surface area contributed by atoms with Gasteiger partial charge in [-0.15, -0.1) is 0 Å². The number of anilines is 1. The van der Waals surface area contributed by atoms with Crippen molar-refractivity contribution in [3.63, 3.8) is 0 Å². The number of rotatable bonds is 5. The third kappa shape index (κ3) is 3.07. The Hall–Kier alpha value is -2.18. The molecule has 0 aliphatic heterocycles. The number of carbonyl (C=O) groups is 1. The van der Waals surface area contributed by atoms with Crippen LogP contribution in [0.2, 0.25) is 0 Å². The highest BCUT2D eigenvalue weighted by molar-refractivity contribution is 5.87. The minimum absolute atomic E-state index is 0.0621. The van der Waals surface area contributed by atoms with Crippen LogP contribution in [0.5, 0.6) is 0 Å². The molecule has 7 heteroatoms. The molecule has 2 aliphatic carbocycles. The number of hydrogen-bond acceptors (Lipinski definition) is 5. The Kier molecular flexibility index (Phi) is 4.08. The molecule has 0 radical (unpaired) electrons. The number of fused-ring (bicyclic) bond motifs is 1. The van der Waals surface area contributed by atoms with Gasteiger partial charge in [0.2, 0.25) is 5.91 Å². The molecule has 1 amide bonds. The van der Waals surface area contributed by atoms with Crippen molar-refractivity contribution >= 4 is 22.9 Å². The lowest BCUT2D eigenvalue weighted by atomic mass is 9.85. The van der Waals surface area contributed by atoms with Crippen molar-refractivity contribution in [2.24, 2.45) is 11.8 Å². The van der Waals surface area contributed by atoms with Crippen LogP contribution in [-0.4, -0.2) is 45.5 Å². The average molecular weight is 328 g/mol. The first-order valence-electron chi connectivity index (χ1n) is 8.87. The molecule has 0 spiro atoms. The lowest BCUT2D eigenvalue weighted by molar-refractivity contribution is -0.120. The topological polar surface area (TPSA) is 86.8 Å². The maximum absolute atomic E-state index is 12.4. The minimum Gasteiger partial charge on any atom is -0.352 e. The number of carbonyl (C=O) groups excluding carboxylic acids is 1. The van der Waals surface area contributed by atoms with Crippen LogP contribution in [0.25, 0.3) is 11.2 Å². The molecule has 2 N–H and O–H groups in total. The van der Waals surface area contributed by atoms with Gasteiger partial charge >= 0.3 is 0 Å². The molecule has 2 atom stereocenters. The Bertz CT molecular complexity index is 723. The van der Waals surface area contributed by atoms with E-state index in [9.17, 15) is 4.79 Å². The van der Waals surface area contributed by atoms with Gasteiger partial charge in [0.1, 0.15) is 11.8 Å². The zero-order valence-electron chi connectivity index (χ0n) is 14.0. The quantitative estimate of drug-likeness (QED) is 0.875. The molecule has 2 aromatic rings. The fourth-order valence-corrected chi connectivity index (χ4v) is 4.05. The first-order valence-corrected chi connectivity index (χ1v) is 8.87. The Labute approximate surface area is 141 Å². The van der Waals surface area contributed by atoms with E-state index >= 15 is 0 Å². The van der Waals surface area contributed by atoms with Crippen molar-refractivity contribution in [1.29, 1.82) is 0 Å². The molecule has 0 unspecified atom stereocenters. The fraction of sp³-hybridized carbons (Fsp3) is 0.647. The zero-order valence-corrected chi connectivity index (χ0v) is 14.0. The molecular formula is C17H24N6O. The van der Waals surface area contributed by atoms with Crippen molar-refractivity contribution in [2.75, 3.05) is 18.5 Å². The third-order valence-electron chi connectivity index (χ3n) is 5.39. The summed E-state index contributed by atoms with van der Waals surface area (Å²) >= 11 is 0. The van der Waals surface area contributed by atoms with Gasteiger partial charge in [-0.2, -0.15) is 0 Å². The smallest absolute Gasteiger partial charge is 0.239 e. The van der Waals surface area contributed by atoms with Crippen molar-refractivity contribution in [2.45, 2.75) is 44.6 Å². The molecule has 2 heterocycles. The van der Waals surface area contributed by atoms with Gasteiger partial charge in [-0.25, -0.2) is 15.0 Å². The molecule has 0 saturated heterocycles. The summed E-state index contributed by atoms with van der Waals surface area (Å²) in [6.45, 7) is 0.291. The van der Waals surface area contributed by atoms with Gasteiger partial charge in [-0.3, -0.25) is 4.79 Å². The Morgan fingerprint density at radius 3 is 2.96 bits per heavy atom. The summed E-state index contributed by atoms with van der Waals surface area (Å²) in [5.41, 5.74) is 1.38. The van der Waals surface area contributed by atoms with E-state index in [0.29, 0.717) is 30.0 Å². The van der Waals surface area contributed by atoms with Gasteiger partial charge in [0.05, 0.1) is 12.9 Å². The molecular weight excluding hydrogens is 304 g/mol. The molecule has 128 valence electrons. The van der Waals surface area contributed by atoms with Gasteiger partial charge in [0.25, 0.3) is 0 Å². The molecule has 2 fully saturated rings. The maximum Gasteiger partial charge on any atom is 0.239 e. The number of nitrogens with one attached hydrogen (secondary N) is 2. The van der Waals surface area contributed by atoms with Crippen LogP contribution >= 0.6 is 0 Å². The summed E-state index contributed by atoms with van der Waals surface area (Å²) < 4.78 is 0. The largest absolute Gasteiger partial charge is 0.352 e. The second kappa shape index (κ2) is 6.37. The number of likely N-dealkylation sites (N-methyl/N-ethyl adjacent to an activating group) is 1. The van der Waals surface area contributed by atoms with E-state index in [1.165, 1.54) is 38.4 Å². The minimum atomic E-state index is 0.0621. The Morgan fingerprint density at radius 2 is 2.12 bits per heavy atom. The van der Waals surface area contributed by atoms with E-state index in [1.807, 2.05) is 11.9 Å². The fourth-order valence-electron chi connectivity index (χ4n) is 4.05. The summed E-state index contributed by atoms with van der Waals surface area (Å²) in [6, 6.07) is 0.381. The van der Waals surface area contributed by atoms with Crippen LogP contribution in [0.1, 0.15) is 38.5 Å². The summed E-state index contributed by atoms with van der Waals surface area (Å²) in [5, 5.41) is 3.19. The summed E-state index contributed by atoms with van der Waals surface area (Å²) in [7, 11) is 1.87. The third-order valence-corrected chi connectivity index (χ3v) is 5.39. The Balaban J connectivity index is 1.32. The van der Waals surface area contributed by atoms with Crippen LogP contribution in [0.15, 0.2) is 12.7 Å². The second-order valence-corrected chi connectivity index (χ2v) is 7.13. The predicted octanol–water partition coefficient (Wildman–Crippen LogP) is 1.87. The van der Waals surface area contributed by atoms with Crippen molar-refractivity contribution in [3.8, 4) is 0 Å². The van der Waals surface area contributed by atoms with E-state index < -0.39 is 0 Å². The van der Waals surface area contributed by atoms with Crippen LogP contribution < -0.4 is 10.2 Å². The molecule has 4 rings (SSSR count). The first kappa shape index (κ1) is 15.4. The second-order valence-electron chi connectivity index (χ2n) is 7.13. The highest BCUT2D eigenvalue weighted by atomic mass is 16.2. The van der Waals surface area contributed by atoms with Crippen LogP contribution in [-0.2, 0) is 4.79 Å². The number of H-pyrrole nitrogens is 1. The van der Waals surface area contributed by atoms with E-state index in [-0.39, 0.29) is 5.91 Å². The van der Waals surface area contributed by atoms with Crippen LogP contribution in [0.4, 0.5) is 5.82 Å². The van der Waals surface area contributed by atoms with E-state index in [1.54, 1.807) is 6.33 Å². The van der Waals surface area contributed by atoms with Gasteiger partial charge in [-0.1, -0.05) is 32.1 Å². The zero-order chi connectivity index (χ0) is 16.5. The number of aromatic amines is 1. The molecule has 7 nitrogen and oxygen atoms in total. The molecule has 2 aliphatic rings. The van der Waals surface area contributed by atoms with Gasteiger partial charge < -0.3 is 15.2 Å². The van der Waals surface area contributed by atoms with Gasteiger partial charge in [-0.05, 0) is 18.3 Å². The highest BCUT2D eigenvalue weighted by Gasteiger charge is 2.43. The lowest BCUT2D eigenvalue weighted by Crippen LogP contribution is -2.37. The lowest BCUT2D eigenvalue weighted by Gasteiger charge is -2.22. The van der Waals surface area contributed by atoms with Gasteiger partial charge in [0, 0.05) is 13.1 Å². The number of aromatic nitrogens is 4. The molecule has 0 aromatic carbocycles. The number of nitrogens with zero attached hydrogens (tertiary/aromatic N) is 4. The van der Waals surface area contributed by atoms with E-state index in [0.717, 1.165) is 17.9 Å². The average Bonchev–Trinajstić information content (AvgIpc) is 3.18. The monoisotopic (exact) mass is 328 g/mol. The van der Waals surface area contributed by atoms with Crippen molar-refractivity contribution in [1.82, 2.24) is 25.3 Å². The van der Waals surface area contributed by atoms with Crippen LogP contribution in [0.3, 0.4) is 0 Å². The van der Waals surface area contributed by atoms with Crippen molar-refractivity contribution < 1.29 is 4.79 Å². The van der Waals surface area contributed by atoms with Crippen LogP contribution in [0, 0.1) is 11.8 Å². The number of imidazole rings is 1. The maximum atomic E-state index is 12.4. The first-order chi connectivity index (χ1) is 11.7. The normalized spacial score (nSPS) is 24.0. The molecule has 2 saturated carbocycles. The number of amides is 1. The SMILES string of the molecule is CN(CC(=O)N[C@@H]1C[C@@H]1C1CCCCC1)c1ncnc2nc[nH]c12. The van der Waals surface area contributed by atoms with E-state index in [2.05, 4.69) is 25.3 Å². The summed E-state index contributed by atoms with van der Waals surface area (Å²) in [4.78, 5) is 29.7. The van der Waals surface area contributed by atoms with E-state index in [4.69, 9.17) is 0 Å². The highest BCUT2D eigenvalue weighted by Crippen LogP contribution is 2.44. The molecule has 24 heavy (non-hydrogen) atoms. The standard InChI is InChI=1S/C17H24N6O/c1-23(17-15-16(19-9-18-15)20-10-21-17)8-14(24)22-13-7-12(13)11-5-3-2-4-6-11/h9-13H,2-8H2,1H3,(H,22,24)(H,18,19,20,21)/t12-,13-/m1/s1. The number of hydrogen-bond donors (Lipinski definition) is 2. The molecule has 0 bridgehead atoms. The molecule has 2 aromatic heterocycles. The summed E-state index contributed by atoms with van der Waals surface area (Å²) in [5.74, 6) is 2.30. The Morgan fingerprint density at radius 1 is 1.29 bits per heavy atom. The van der Waals surface area contributed by atoms with Crippen molar-refractivity contribution in [3.05, 3.63) is 12.7 Å². The predicted molar refractivity (Wildman–Crippen MR) is 91.6 cm³/mol. The van der Waals surface area contributed by atoms with Gasteiger partial charge in [0.15, 0.2) is 11.5 Å². The summed E-state index contributed by atoms with van der Waals surface area (Å²) in [6.07, 6.45) is 11.0.